The fraction of sp³-hybridized carbons (Fsp3) is 0.333. The number of thiazole rings is 1. The largest absolute Gasteiger partial charge is 0.497 e. The van der Waals surface area contributed by atoms with Crippen molar-refractivity contribution >= 4 is 44.4 Å². The second-order valence-electron chi connectivity index (χ2n) is 6.85. The summed E-state index contributed by atoms with van der Waals surface area (Å²) in [4.78, 5) is 21.8. The molecule has 0 aliphatic heterocycles. The lowest BCUT2D eigenvalue weighted by Gasteiger charge is -2.22. The van der Waals surface area contributed by atoms with Crippen molar-refractivity contribution < 1.29 is 18.3 Å². The number of methoxy groups -OCH3 is 1. The zero-order valence-electron chi connectivity index (χ0n) is 17.0. The summed E-state index contributed by atoms with van der Waals surface area (Å²) in [6, 6.07) is 9.70. The number of anilines is 1. The van der Waals surface area contributed by atoms with Gasteiger partial charge < -0.3 is 9.64 Å². The van der Waals surface area contributed by atoms with Crippen LogP contribution in [0, 0.1) is 11.6 Å². The van der Waals surface area contributed by atoms with Crippen molar-refractivity contribution in [2.75, 3.05) is 44.9 Å². The number of rotatable bonds is 9. The Hall–Kier alpha value is -2.23. The van der Waals surface area contributed by atoms with Crippen molar-refractivity contribution in [2.24, 2.45) is 0 Å². The van der Waals surface area contributed by atoms with Crippen LogP contribution in [0.2, 0.25) is 0 Å². The lowest BCUT2D eigenvalue weighted by molar-refractivity contribution is -0.118. The van der Waals surface area contributed by atoms with Gasteiger partial charge in [-0.15, -0.1) is 11.8 Å². The molecule has 0 atom stereocenters. The summed E-state index contributed by atoms with van der Waals surface area (Å²) in [6.45, 7) is 1.05. The monoisotopic (exact) mass is 451 g/mol. The normalized spacial score (nSPS) is 11.3. The molecular weight excluding hydrogens is 428 g/mol. The molecule has 1 amide bonds. The van der Waals surface area contributed by atoms with Gasteiger partial charge in [-0.3, -0.25) is 9.69 Å². The minimum absolute atomic E-state index is 0.0895. The molecule has 0 saturated carbocycles. The summed E-state index contributed by atoms with van der Waals surface area (Å²) < 4.78 is 33.1. The Kier molecular flexibility index (Phi) is 7.63. The van der Waals surface area contributed by atoms with Gasteiger partial charge in [-0.1, -0.05) is 11.3 Å². The molecule has 2 aromatic carbocycles. The van der Waals surface area contributed by atoms with E-state index in [2.05, 4.69) is 4.98 Å². The van der Waals surface area contributed by atoms with E-state index in [1.807, 2.05) is 43.3 Å². The van der Waals surface area contributed by atoms with Crippen LogP contribution in [0.3, 0.4) is 0 Å². The number of hydrogen-bond acceptors (Lipinski definition) is 6. The molecule has 0 bridgehead atoms. The molecular formula is C21H23F2N3O2S2. The van der Waals surface area contributed by atoms with Crippen LogP contribution >= 0.6 is 23.1 Å². The average molecular weight is 452 g/mol. The van der Waals surface area contributed by atoms with Gasteiger partial charge in [0.25, 0.3) is 0 Å². The zero-order chi connectivity index (χ0) is 21.7. The molecule has 0 aliphatic carbocycles. The molecule has 0 spiro atoms. The van der Waals surface area contributed by atoms with Crippen LogP contribution in [0.25, 0.3) is 10.2 Å². The first-order chi connectivity index (χ1) is 14.4. The van der Waals surface area contributed by atoms with Gasteiger partial charge in [0.05, 0.1) is 11.8 Å². The van der Waals surface area contributed by atoms with E-state index in [9.17, 15) is 13.6 Å². The first-order valence-electron chi connectivity index (χ1n) is 9.35. The Morgan fingerprint density at radius 1 is 1.17 bits per heavy atom. The molecule has 0 fully saturated rings. The van der Waals surface area contributed by atoms with E-state index >= 15 is 0 Å². The fourth-order valence-corrected chi connectivity index (χ4v) is 4.64. The van der Waals surface area contributed by atoms with E-state index in [4.69, 9.17) is 4.74 Å². The first kappa shape index (κ1) is 22.5. The van der Waals surface area contributed by atoms with Gasteiger partial charge in [-0.05, 0) is 44.4 Å². The number of thioether (sulfide) groups is 1. The number of nitrogens with zero attached hydrogens (tertiary/aromatic N) is 3. The summed E-state index contributed by atoms with van der Waals surface area (Å²) in [7, 11) is 5.44. The smallest absolute Gasteiger partial charge is 0.229 e. The van der Waals surface area contributed by atoms with E-state index in [1.165, 1.54) is 6.07 Å². The van der Waals surface area contributed by atoms with Gasteiger partial charge >= 0.3 is 0 Å². The fourth-order valence-electron chi connectivity index (χ4n) is 2.75. The number of ether oxygens (including phenoxy) is 1. The van der Waals surface area contributed by atoms with Gasteiger partial charge in [0.15, 0.2) is 10.9 Å². The highest BCUT2D eigenvalue weighted by Gasteiger charge is 2.21. The number of fused-ring (bicyclic) bond motifs is 1. The minimum Gasteiger partial charge on any atom is -0.497 e. The molecule has 3 aromatic rings. The van der Waals surface area contributed by atoms with E-state index in [1.54, 1.807) is 23.8 Å². The molecule has 30 heavy (non-hydrogen) atoms. The first-order valence-corrected chi connectivity index (χ1v) is 11.1. The van der Waals surface area contributed by atoms with Crippen molar-refractivity contribution in [3.8, 4) is 5.75 Å². The van der Waals surface area contributed by atoms with Gasteiger partial charge in [0, 0.05) is 36.2 Å². The molecule has 3 rings (SSSR count). The molecule has 160 valence electrons. The van der Waals surface area contributed by atoms with Crippen molar-refractivity contribution in [1.82, 2.24) is 9.88 Å². The topological polar surface area (TPSA) is 45.7 Å². The number of benzene rings is 2. The molecule has 0 aliphatic rings. The quantitative estimate of drug-likeness (QED) is 0.443. The van der Waals surface area contributed by atoms with Gasteiger partial charge in [-0.2, -0.15) is 0 Å². The molecule has 0 saturated heterocycles. The SMILES string of the molecule is COc1ccc(SCCC(=O)N(CCN(C)C)c2nc3c(F)cc(F)cc3s2)cc1. The molecule has 0 N–H and O–H groups in total. The predicted octanol–water partition coefficient (Wildman–Crippen LogP) is 4.66. The van der Waals surface area contributed by atoms with Crippen LogP contribution < -0.4 is 9.64 Å². The van der Waals surface area contributed by atoms with E-state index in [0.29, 0.717) is 35.1 Å². The highest BCUT2D eigenvalue weighted by Crippen LogP contribution is 2.32. The average Bonchev–Trinajstić information content (AvgIpc) is 3.12. The van der Waals surface area contributed by atoms with Crippen LogP contribution in [-0.2, 0) is 4.79 Å². The Morgan fingerprint density at radius 2 is 1.90 bits per heavy atom. The van der Waals surface area contributed by atoms with Crippen molar-refractivity contribution in [3.63, 3.8) is 0 Å². The van der Waals surface area contributed by atoms with E-state index in [-0.39, 0.29) is 11.4 Å². The highest BCUT2D eigenvalue weighted by molar-refractivity contribution is 7.99. The number of halogens is 2. The van der Waals surface area contributed by atoms with Crippen molar-refractivity contribution in [1.29, 1.82) is 0 Å². The third kappa shape index (κ3) is 5.68. The number of amides is 1. The van der Waals surface area contributed by atoms with Gasteiger partial charge in [-0.25, -0.2) is 13.8 Å². The van der Waals surface area contributed by atoms with Crippen LogP contribution in [0.5, 0.6) is 5.75 Å². The summed E-state index contributed by atoms with van der Waals surface area (Å²) in [6.07, 6.45) is 0.302. The number of likely N-dealkylation sites (N-methyl/N-ethyl adjacent to an activating group) is 1. The van der Waals surface area contributed by atoms with Crippen LogP contribution in [-0.4, -0.2) is 55.8 Å². The summed E-state index contributed by atoms with van der Waals surface area (Å²) in [5.41, 5.74) is 0.0895. The lowest BCUT2D eigenvalue weighted by atomic mass is 10.3. The molecule has 5 nitrogen and oxygen atoms in total. The molecule has 9 heteroatoms. The van der Waals surface area contributed by atoms with Crippen LogP contribution in [0.4, 0.5) is 13.9 Å². The standard InChI is InChI=1S/C21H23F2N3O2S2/c1-25(2)9-10-26(21-24-20-17(23)12-14(22)13-18(20)30-21)19(27)8-11-29-16-6-4-15(28-3)5-7-16/h4-7,12-13H,8-11H2,1-3H3. The van der Waals surface area contributed by atoms with Crippen LogP contribution in [0.1, 0.15) is 6.42 Å². The van der Waals surface area contributed by atoms with E-state index in [0.717, 1.165) is 28.0 Å². The third-order valence-corrected chi connectivity index (χ3v) is 6.39. The Bertz CT molecular complexity index is 1010. The van der Waals surface area contributed by atoms with E-state index < -0.39 is 11.6 Å². The Balaban J connectivity index is 1.72. The summed E-state index contributed by atoms with van der Waals surface area (Å²) >= 11 is 2.70. The molecule has 0 radical (unpaired) electrons. The maximum atomic E-state index is 14.1. The third-order valence-electron chi connectivity index (χ3n) is 4.35. The van der Waals surface area contributed by atoms with Gasteiger partial charge in [0.1, 0.15) is 17.1 Å². The van der Waals surface area contributed by atoms with Gasteiger partial charge in [0.2, 0.25) is 5.91 Å². The number of hydrogen-bond donors (Lipinski definition) is 0. The van der Waals surface area contributed by atoms with Crippen LogP contribution in [0.15, 0.2) is 41.3 Å². The maximum Gasteiger partial charge on any atom is 0.229 e. The number of carbonyl (C=O) groups is 1. The predicted molar refractivity (Wildman–Crippen MR) is 119 cm³/mol. The second kappa shape index (κ2) is 10.2. The number of aromatic nitrogens is 1. The molecule has 1 heterocycles. The van der Waals surface area contributed by atoms with Crippen molar-refractivity contribution in [3.05, 3.63) is 48.0 Å². The lowest BCUT2D eigenvalue weighted by Crippen LogP contribution is -2.36. The molecule has 0 unspecified atom stereocenters. The summed E-state index contributed by atoms with van der Waals surface area (Å²) in [5, 5.41) is 0.385. The molecule has 1 aromatic heterocycles. The number of carbonyl (C=O) groups excluding carboxylic acids is 1. The maximum absolute atomic E-state index is 14.1. The second-order valence-corrected chi connectivity index (χ2v) is 9.03. The highest BCUT2D eigenvalue weighted by atomic mass is 32.2. The minimum atomic E-state index is -0.720. The zero-order valence-corrected chi connectivity index (χ0v) is 18.7. The van der Waals surface area contributed by atoms with Crippen molar-refractivity contribution in [2.45, 2.75) is 11.3 Å². The Labute approximate surface area is 182 Å². The Morgan fingerprint density at radius 3 is 2.57 bits per heavy atom. The summed E-state index contributed by atoms with van der Waals surface area (Å²) in [5.74, 6) is -0.0975.